The van der Waals surface area contributed by atoms with Crippen molar-refractivity contribution in [1.29, 1.82) is 0 Å². The van der Waals surface area contributed by atoms with Crippen LogP contribution in [-0.4, -0.2) is 39.1 Å². The van der Waals surface area contributed by atoms with Crippen molar-refractivity contribution in [1.82, 2.24) is 15.0 Å². The summed E-state index contributed by atoms with van der Waals surface area (Å²) in [5, 5.41) is 8.89. The molecular formula is C16H18N4O2. The van der Waals surface area contributed by atoms with E-state index in [1.54, 1.807) is 6.20 Å². The lowest BCUT2D eigenvalue weighted by molar-refractivity contribution is 0.0696. The number of nitrogens with zero attached hydrogens (tertiary/aromatic N) is 4. The molecule has 114 valence electrons. The van der Waals surface area contributed by atoms with Crippen LogP contribution in [0.1, 0.15) is 28.8 Å². The van der Waals surface area contributed by atoms with E-state index in [4.69, 9.17) is 5.11 Å². The van der Waals surface area contributed by atoms with Crippen LogP contribution in [0.4, 0.5) is 5.95 Å². The highest BCUT2D eigenvalue weighted by Crippen LogP contribution is 2.23. The lowest BCUT2D eigenvalue weighted by Crippen LogP contribution is -2.37. The third-order valence-corrected chi connectivity index (χ3v) is 3.93. The van der Waals surface area contributed by atoms with Crippen molar-refractivity contribution in [2.75, 3.05) is 18.0 Å². The van der Waals surface area contributed by atoms with Gasteiger partial charge >= 0.3 is 5.97 Å². The monoisotopic (exact) mass is 298 g/mol. The molecule has 22 heavy (non-hydrogen) atoms. The van der Waals surface area contributed by atoms with Crippen LogP contribution >= 0.6 is 0 Å². The van der Waals surface area contributed by atoms with E-state index < -0.39 is 5.97 Å². The van der Waals surface area contributed by atoms with Gasteiger partial charge in [0.15, 0.2) is 0 Å². The fourth-order valence-electron chi connectivity index (χ4n) is 2.86. The largest absolute Gasteiger partial charge is 0.478 e. The van der Waals surface area contributed by atoms with E-state index >= 15 is 0 Å². The molecule has 6 nitrogen and oxygen atoms in total. The molecule has 2 aromatic heterocycles. The van der Waals surface area contributed by atoms with Crippen molar-refractivity contribution < 1.29 is 9.90 Å². The molecule has 1 aliphatic heterocycles. The highest BCUT2D eigenvalue weighted by molar-refractivity contribution is 5.86. The van der Waals surface area contributed by atoms with E-state index in [1.165, 1.54) is 24.4 Å². The Balaban J connectivity index is 1.66. The second-order valence-electron chi connectivity index (χ2n) is 5.60. The summed E-state index contributed by atoms with van der Waals surface area (Å²) in [7, 11) is 0. The standard InChI is InChI=1S/C16H18N4O2/c21-15(22)14-9-18-16(19-10-14)20-6-2-4-13(11-20)7-12-3-1-5-17-8-12/h1,3,5,8-10,13H,2,4,6-7,11H2,(H,21,22). The number of carboxylic acids is 1. The molecule has 1 unspecified atom stereocenters. The van der Waals surface area contributed by atoms with E-state index in [1.807, 2.05) is 12.3 Å². The van der Waals surface area contributed by atoms with Crippen LogP contribution in [0.3, 0.4) is 0 Å². The Bertz CT molecular complexity index is 630. The first-order valence-electron chi connectivity index (χ1n) is 7.41. The number of hydrogen-bond acceptors (Lipinski definition) is 5. The maximum Gasteiger partial charge on any atom is 0.338 e. The first-order valence-corrected chi connectivity index (χ1v) is 7.41. The number of hydrogen-bond donors (Lipinski definition) is 1. The number of rotatable bonds is 4. The molecule has 0 spiro atoms. The van der Waals surface area contributed by atoms with Gasteiger partial charge in [-0.15, -0.1) is 0 Å². The molecule has 0 saturated carbocycles. The zero-order valence-electron chi connectivity index (χ0n) is 12.2. The van der Waals surface area contributed by atoms with Gasteiger partial charge in [0.05, 0.1) is 5.56 Å². The molecule has 1 fully saturated rings. The second kappa shape index (κ2) is 6.51. The van der Waals surface area contributed by atoms with Gasteiger partial charge in [-0.2, -0.15) is 0 Å². The molecule has 3 heterocycles. The van der Waals surface area contributed by atoms with Gasteiger partial charge in [-0.05, 0) is 36.8 Å². The lowest BCUT2D eigenvalue weighted by atomic mass is 9.92. The van der Waals surface area contributed by atoms with Crippen molar-refractivity contribution in [2.24, 2.45) is 5.92 Å². The number of aromatic carboxylic acids is 1. The van der Waals surface area contributed by atoms with Crippen molar-refractivity contribution >= 4 is 11.9 Å². The van der Waals surface area contributed by atoms with Gasteiger partial charge < -0.3 is 10.0 Å². The summed E-state index contributed by atoms with van der Waals surface area (Å²) >= 11 is 0. The van der Waals surface area contributed by atoms with Crippen LogP contribution in [-0.2, 0) is 6.42 Å². The SMILES string of the molecule is O=C(O)c1cnc(N2CCCC(Cc3cccnc3)C2)nc1. The highest BCUT2D eigenvalue weighted by Gasteiger charge is 2.22. The van der Waals surface area contributed by atoms with Crippen molar-refractivity contribution in [3.05, 3.63) is 48.0 Å². The number of pyridine rings is 1. The molecular weight excluding hydrogens is 280 g/mol. The van der Waals surface area contributed by atoms with Crippen molar-refractivity contribution in [2.45, 2.75) is 19.3 Å². The molecule has 0 bridgehead atoms. The molecule has 1 saturated heterocycles. The quantitative estimate of drug-likeness (QED) is 0.930. The predicted octanol–water partition coefficient (Wildman–Crippen LogP) is 2.03. The zero-order valence-corrected chi connectivity index (χ0v) is 12.2. The summed E-state index contributed by atoms with van der Waals surface area (Å²) in [5.74, 6) is 0.154. The second-order valence-corrected chi connectivity index (χ2v) is 5.60. The number of carbonyl (C=O) groups is 1. The van der Waals surface area contributed by atoms with E-state index in [0.29, 0.717) is 11.9 Å². The third kappa shape index (κ3) is 3.39. The first kappa shape index (κ1) is 14.4. The lowest BCUT2D eigenvalue weighted by Gasteiger charge is -2.32. The van der Waals surface area contributed by atoms with E-state index in [9.17, 15) is 4.79 Å². The van der Waals surface area contributed by atoms with Gasteiger partial charge in [0.1, 0.15) is 0 Å². The molecule has 0 amide bonds. The fraction of sp³-hybridized carbons (Fsp3) is 0.375. The van der Waals surface area contributed by atoms with Gasteiger partial charge in [-0.3, -0.25) is 4.98 Å². The van der Waals surface area contributed by atoms with Crippen LogP contribution in [0.25, 0.3) is 0 Å². The normalized spacial score (nSPS) is 18.2. The minimum Gasteiger partial charge on any atom is -0.478 e. The molecule has 0 aromatic carbocycles. The summed E-state index contributed by atoms with van der Waals surface area (Å²) in [6, 6.07) is 4.06. The Morgan fingerprint density at radius 2 is 2.14 bits per heavy atom. The van der Waals surface area contributed by atoms with Gasteiger partial charge in [-0.25, -0.2) is 14.8 Å². The number of carboxylic acid groups (broad SMARTS) is 1. The minimum atomic E-state index is -1.00. The summed E-state index contributed by atoms with van der Waals surface area (Å²) in [6.45, 7) is 1.80. The van der Waals surface area contributed by atoms with Crippen LogP contribution in [0, 0.1) is 5.92 Å². The molecule has 1 aliphatic rings. The molecule has 2 aromatic rings. The molecule has 1 N–H and O–H groups in total. The molecule has 6 heteroatoms. The number of anilines is 1. The Morgan fingerprint density at radius 3 is 2.82 bits per heavy atom. The topological polar surface area (TPSA) is 79.2 Å². The first-order chi connectivity index (χ1) is 10.7. The van der Waals surface area contributed by atoms with Gasteiger partial charge in [0.2, 0.25) is 5.95 Å². The van der Waals surface area contributed by atoms with Gasteiger partial charge in [-0.1, -0.05) is 6.07 Å². The number of piperidine rings is 1. The predicted molar refractivity (Wildman–Crippen MR) is 81.9 cm³/mol. The maximum atomic E-state index is 10.8. The summed E-state index contributed by atoms with van der Waals surface area (Å²) in [6.07, 6.45) is 9.71. The van der Waals surface area contributed by atoms with Crippen molar-refractivity contribution in [3.8, 4) is 0 Å². The van der Waals surface area contributed by atoms with Crippen LogP contribution in [0.5, 0.6) is 0 Å². The summed E-state index contributed by atoms with van der Waals surface area (Å²) < 4.78 is 0. The van der Waals surface area contributed by atoms with Crippen LogP contribution in [0.2, 0.25) is 0 Å². The Kier molecular flexibility index (Phi) is 4.27. The van der Waals surface area contributed by atoms with E-state index in [-0.39, 0.29) is 5.56 Å². The van der Waals surface area contributed by atoms with Gasteiger partial charge in [0, 0.05) is 37.9 Å². The maximum absolute atomic E-state index is 10.8. The highest BCUT2D eigenvalue weighted by atomic mass is 16.4. The smallest absolute Gasteiger partial charge is 0.338 e. The average molecular weight is 298 g/mol. The molecule has 3 rings (SSSR count). The molecule has 1 atom stereocenters. The minimum absolute atomic E-state index is 0.118. The fourth-order valence-corrected chi connectivity index (χ4v) is 2.86. The van der Waals surface area contributed by atoms with E-state index in [0.717, 1.165) is 25.9 Å². The van der Waals surface area contributed by atoms with Crippen LogP contribution in [0.15, 0.2) is 36.9 Å². The average Bonchev–Trinajstić information content (AvgIpc) is 2.56. The van der Waals surface area contributed by atoms with Gasteiger partial charge in [0.25, 0.3) is 0 Å². The molecule has 0 radical (unpaired) electrons. The Hall–Kier alpha value is -2.50. The van der Waals surface area contributed by atoms with Crippen LogP contribution < -0.4 is 4.90 Å². The Labute approximate surface area is 128 Å². The molecule has 0 aliphatic carbocycles. The zero-order chi connectivity index (χ0) is 15.4. The summed E-state index contributed by atoms with van der Waals surface area (Å²) in [5.41, 5.74) is 1.36. The van der Waals surface area contributed by atoms with Crippen molar-refractivity contribution in [3.63, 3.8) is 0 Å². The third-order valence-electron chi connectivity index (χ3n) is 3.93. The number of aromatic nitrogens is 3. The van der Waals surface area contributed by atoms with E-state index in [2.05, 4.69) is 25.9 Å². The summed E-state index contributed by atoms with van der Waals surface area (Å²) in [4.78, 5) is 25.5. The Morgan fingerprint density at radius 1 is 1.32 bits per heavy atom.